The first-order valence-corrected chi connectivity index (χ1v) is 10.8. The molecule has 0 bridgehead atoms. The van der Waals surface area contributed by atoms with Crippen molar-refractivity contribution in [2.75, 3.05) is 40.5 Å². The van der Waals surface area contributed by atoms with Gasteiger partial charge in [0.15, 0.2) is 6.04 Å². The molecule has 6 heteroatoms. The summed E-state index contributed by atoms with van der Waals surface area (Å²) in [7, 11) is 4.47. The van der Waals surface area contributed by atoms with Crippen LogP contribution in [0.15, 0.2) is 0 Å². The number of nitrogens with zero attached hydrogens (tertiary/aromatic N) is 1. The third-order valence-corrected chi connectivity index (χ3v) is 5.80. The Kier molecular flexibility index (Phi) is 13.2. The molecular weight excluding hydrogens is 325 g/mol. The van der Waals surface area contributed by atoms with E-state index in [0.29, 0.717) is 16.6 Å². The fraction of sp³-hybridized carbons (Fsp3) is 0.944. The average molecular weight is 364 g/mol. The van der Waals surface area contributed by atoms with Crippen LogP contribution < -0.4 is 4.89 Å². The number of hydrogen-bond acceptors (Lipinski definition) is 4. The molecule has 2 N–H and O–H groups in total. The maximum absolute atomic E-state index is 12.8. The number of quaternary nitrogens is 1. The van der Waals surface area contributed by atoms with Crippen molar-refractivity contribution in [3.63, 3.8) is 0 Å². The van der Waals surface area contributed by atoms with Crippen LogP contribution in [0, 0.1) is 0 Å². The van der Waals surface area contributed by atoms with Gasteiger partial charge in [-0.15, -0.1) is 0 Å². The van der Waals surface area contributed by atoms with Crippen LogP contribution in [0.2, 0.25) is 0 Å². The monoisotopic (exact) mass is 364 g/mol. The van der Waals surface area contributed by atoms with E-state index in [9.17, 15) is 10.00 Å². The Bertz CT molecular complexity index is 355. The topological polar surface area (TPSA) is 72.8 Å². The Hall–Kier alpha value is -0.0300. The van der Waals surface area contributed by atoms with Gasteiger partial charge in [-0.1, -0.05) is 39.5 Å². The van der Waals surface area contributed by atoms with E-state index in [1.54, 1.807) is 0 Å². The highest BCUT2D eigenvalue weighted by Crippen LogP contribution is 2.25. The van der Waals surface area contributed by atoms with Crippen molar-refractivity contribution in [1.29, 1.82) is 0 Å². The van der Waals surface area contributed by atoms with E-state index in [-0.39, 0.29) is 18.8 Å². The minimum absolute atomic E-state index is 0.0488. The molecule has 144 valence electrons. The van der Waals surface area contributed by atoms with Crippen molar-refractivity contribution < 1.29 is 24.3 Å². The number of rotatable bonds is 14. The second kappa shape index (κ2) is 13.2. The fourth-order valence-electron chi connectivity index (χ4n) is 2.63. The molecule has 0 saturated carbocycles. The highest BCUT2D eigenvalue weighted by Gasteiger charge is 2.35. The molecule has 3 unspecified atom stereocenters. The summed E-state index contributed by atoms with van der Waals surface area (Å²) in [6.45, 7) is 4.52. The summed E-state index contributed by atoms with van der Waals surface area (Å²) in [6.07, 6.45) is 6.57. The lowest BCUT2D eigenvalue weighted by Gasteiger charge is -2.34. The molecule has 0 amide bonds. The highest BCUT2D eigenvalue weighted by molar-refractivity contribution is 7.51. The van der Waals surface area contributed by atoms with Crippen LogP contribution in [0.5, 0.6) is 0 Å². The van der Waals surface area contributed by atoms with Crippen molar-refractivity contribution in [2.45, 2.75) is 70.9 Å². The smallest absolute Gasteiger partial charge is 0.279 e. The molecular formula is C18H39NO4P+. The second-order valence-corrected chi connectivity index (χ2v) is 8.98. The van der Waals surface area contributed by atoms with Gasteiger partial charge in [0.1, 0.15) is 12.3 Å². The van der Waals surface area contributed by atoms with Crippen molar-refractivity contribution in [1.82, 2.24) is 0 Å². The van der Waals surface area contributed by atoms with Crippen molar-refractivity contribution >= 4 is 13.3 Å². The zero-order chi connectivity index (χ0) is 18.6. The van der Waals surface area contributed by atoms with Gasteiger partial charge in [-0.25, -0.2) is 0 Å². The SMILES string of the molecule is CCCCCO/C(C(CCCCC)[N+](C)(C)C)=[P+](\[O-])CC(O)CO. The Morgan fingerprint density at radius 1 is 1.08 bits per heavy atom. The lowest BCUT2D eigenvalue weighted by atomic mass is 10.1. The minimum Gasteiger partial charge on any atom is -0.628 e. The first-order chi connectivity index (χ1) is 11.3. The Balaban J connectivity index is 5.28. The summed E-state index contributed by atoms with van der Waals surface area (Å²) in [5.74, 6) is 0. The van der Waals surface area contributed by atoms with Gasteiger partial charge in [0.05, 0.1) is 42.1 Å². The molecule has 0 aliphatic heterocycles. The van der Waals surface area contributed by atoms with Crippen molar-refractivity contribution in [3.05, 3.63) is 0 Å². The van der Waals surface area contributed by atoms with Crippen molar-refractivity contribution in [2.24, 2.45) is 0 Å². The standard InChI is InChI=1S/C18H39NO4P/c1-6-8-10-12-17(19(3,4)5)18(23-13-11-9-7-2)24(22)15-16(21)14-20/h16-17,20-21H,6-15H2,1-5H3/q+1. The van der Waals surface area contributed by atoms with Gasteiger partial charge in [-0.05, 0) is 12.8 Å². The number of ether oxygens (including phenoxy) is 1. The number of aliphatic hydroxyl groups excluding tert-OH is 2. The summed E-state index contributed by atoms with van der Waals surface area (Å²) < 4.78 is 6.65. The summed E-state index contributed by atoms with van der Waals surface area (Å²) in [6, 6.07) is 0.0488. The van der Waals surface area contributed by atoms with E-state index in [1.165, 1.54) is 0 Å². The predicted octanol–water partition coefficient (Wildman–Crippen LogP) is 2.09. The molecule has 0 aliphatic rings. The van der Waals surface area contributed by atoms with Crippen LogP contribution in [0.4, 0.5) is 0 Å². The molecule has 24 heavy (non-hydrogen) atoms. The molecule has 0 saturated heterocycles. The molecule has 0 fully saturated rings. The van der Waals surface area contributed by atoms with Crippen LogP contribution in [0.1, 0.15) is 58.8 Å². The number of hydrogen-bond donors (Lipinski definition) is 2. The first kappa shape index (κ1) is 24.0. The number of aliphatic hydroxyl groups is 2. The Morgan fingerprint density at radius 3 is 2.17 bits per heavy atom. The highest BCUT2D eigenvalue weighted by atomic mass is 31.1. The molecule has 0 heterocycles. The van der Waals surface area contributed by atoms with Crippen LogP contribution >= 0.6 is 7.77 Å². The number of unbranched alkanes of at least 4 members (excludes halogenated alkanes) is 4. The third-order valence-electron chi connectivity index (χ3n) is 4.13. The summed E-state index contributed by atoms with van der Waals surface area (Å²) >= 11 is 0. The fourth-order valence-corrected chi connectivity index (χ4v) is 4.35. The van der Waals surface area contributed by atoms with Gasteiger partial charge in [0.2, 0.25) is 0 Å². The minimum atomic E-state index is -1.82. The van der Waals surface area contributed by atoms with Crippen LogP contribution in [0.3, 0.4) is 0 Å². The Labute approximate surface area is 149 Å². The molecule has 0 aromatic rings. The van der Waals surface area contributed by atoms with Gasteiger partial charge < -0.3 is 24.3 Å². The van der Waals surface area contributed by atoms with E-state index in [2.05, 4.69) is 35.0 Å². The lowest BCUT2D eigenvalue weighted by Crippen LogP contribution is -2.51. The average Bonchev–Trinajstić information content (AvgIpc) is 2.51. The van der Waals surface area contributed by atoms with Crippen molar-refractivity contribution in [3.8, 4) is 0 Å². The lowest BCUT2D eigenvalue weighted by molar-refractivity contribution is -0.886. The molecule has 0 aliphatic carbocycles. The van der Waals surface area contributed by atoms with Gasteiger partial charge >= 0.3 is 0 Å². The Morgan fingerprint density at radius 2 is 1.67 bits per heavy atom. The molecule has 0 aromatic carbocycles. The molecule has 0 aromatic heterocycles. The van der Waals surface area contributed by atoms with E-state index in [0.717, 1.165) is 44.9 Å². The molecule has 0 spiro atoms. The summed E-state index contributed by atoms with van der Waals surface area (Å²) in [5.41, 5.74) is 0.622. The van der Waals surface area contributed by atoms with Crippen LogP contribution in [-0.2, 0) is 4.74 Å². The van der Waals surface area contributed by atoms with Gasteiger partial charge in [-0.2, -0.15) is 0 Å². The molecule has 3 atom stereocenters. The quantitative estimate of drug-likeness (QED) is 0.281. The molecule has 0 rings (SSSR count). The maximum Gasteiger partial charge on any atom is 0.279 e. The van der Waals surface area contributed by atoms with Gasteiger partial charge in [-0.3, -0.25) is 0 Å². The zero-order valence-corrected chi connectivity index (χ0v) is 17.2. The predicted molar refractivity (Wildman–Crippen MR) is 101 cm³/mol. The van der Waals surface area contributed by atoms with E-state index >= 15 is 0 Å². The van der Waals surface area contributed by atoms with E-state index < -0.39 is 13.9 Å². The molecule has 0 radical (unpaired) electrons. The first-order valence-electron chi connectivity index (χ1n) is 9.32. The molecule has 5 nitrogen and oxygen atoms in total. The van der Waals surface area contributed by atoms with E-state index in [4.69, 9.17) is 9.84 Å². The number of likely N-dealkylation sites (N-methyl/N-ethyl adjacent to an activating group) is 1. The van der Waals surface area contributed by atoms with Gasteiger partial charge in [0.25, 0.3) is 5.48 Å². The summed E-state index contributed by atoms with van der Waals surface area (Å²) in [4.78, 5) is 12.8. The normalized spacial score (nSPS) is 16.0. The van der Waals surface area contributed by atoms with Crippen LogP contribution in [0.25, 0.3) is 0 Å². The largest absolute Gasteiger partial charge is 0.628 e. The van der Waals surface area contributed by atoms with E-state index in [1.807, 2.05) is 0 Å². The third kappa shape index (κ3) is 10.1. The maximum atomic E-state index is 12.8. The van der Waals surface area contributed by atoms with Crippen LogP contribution in [-0.4, -0.2) is 72.8 Å². The zero-order valence-electron chi connectivity index (χ0n) is 16.3. The van der Waals surface area contributed by atoms with Gasteiger partial charge in [0, 0.05) is 6.42 Å². The second-order valence-electron chi connectivity index (χ2n) is 7.42. The summed E-state index contributed by atoms with van der Waals surface area (Å²) in [5, 5.41) is 18.7.